The summed E-state index contributed by atoms with van der Waals surface area (Å²) in [5.41, 5.74) is 3.69. The summed E-state index contributed by atoms with van der Waals surface area (Å²) in [6.45, 7) is 4.06. The van der Waals surface area contributed by atoms with Crippen LogP contribution in [0.4, 0.5) is 4.79 Å². The molecule has 1 N–H and O–H groups in total. The first-order valence-electron chi connectivity index (χ1n) is 8.30. The lowest BCUT2D eigenvalue weighted by molar-refractivity contribution is -0.507. The van der Waals surface area contributed by atoms with E-state index in [0.717, 1.165) is 16.2 Å². The average molecular weight is 369 g/mol. The van der Waals surface area contributed by atoms with Crippen molar-refractivity contribution in [1.29, 1.82) is 0 Å². The number of likely N-dealkylation sites (N-methyl/N-ethyl adjacent to an activating group) is 3. The van der Waals surface area contributed by atoms with Crippen molar-refractivity contribution >= 4 is 29.9 Å². The van der Waals surface area contributed by atoms with Crippen molar-refractivity contribution in [2.45, 2.75) is 6.04 Å². The first-order chi connectivity index (χ1) is 12.9. The number of amidine groups is 1. The van der Waals surface area contributed by atoms with Crippen molar-refractivity contribution in [1.82, 2.24) is 15.2 Å². The number of ether oxygens (including phenoxy) is 1. The van der Waals surface area contributed by atoms with Crippen molar-refractivity contribution in [2.75, 3.05) is 27.7 Å². The first kappa shape index (κ1) is 18.3. The molecule has 140 valence electrons. The van der Waals surface area contributed by atoms with Crippen molar-refractivity contribution in [2.24, 2.45) is 10.1 Å². The van der Waals surface area contributed by atoms with E-state index in [0.29, 0.717) is 18.4 Å². The van der Waals surface area contributed by atoms with Crippen LogP contribution in [0, 0.1) is 0 Å². The Bertz CT molecular complexity index is 872. The Morgan fingerprint density at radius 1 is 1.30 bits per heavy atom. The van der Waals surface area contributed by atoms with Crippen LogP contribution in [0.25, 0.3) is 0 Å². The number of hydrazone groups is 1. The minimum absolute atomic E-state index is 0.324. The van der Waals surface area contributed by atoms with Gasteiger partial charge in [0, 0.05) is 14.1 Å². The lowest BCUT2D eigenvalue weighted by atomic mass is 10.2. The fourth-order valence-electron chi connectivity index (χ4n) is 2.75. The predicted octanol–water partition coefficient (Wildman–Crippen LogP) is 0.478. The maximum Gasteiger partial charge on any atom is 0.413 e. The van der Waals surface area contributed by atoms with E-state index in [2.05, 4.69) is 22.1 Å². The lowest BCUT2D eigenvalue weighted by Gasteiger charge is -2.31. The maximum atomic E-state index is 12.4. The van der Waals surface area contributed by atoms with Gasteiger partial charge in [-0.1, -0.05) is 17.6 Å². The molecule has 1 fully saturated rings. The molecule has 0 aromatic heterocycles. The highest BCUT2D eigenvalue weighted by Gasteiger charge is 2.50. The zero-order chi connectivity index (χ0) is 19.6. The molecule has 2 aliphatic heterocycles. The largest absolute Gasteiger partial charge is 0.490 e. The number of rotatable bonds is 5. The van der Waals surface area contributed by atoms with Gasteiger partial charge in [-0.05, 0) is 29.8 Å². The zero-order valence-corrected chi connectivity index (χ0v) is 15.4. The molecule has 0 bridgehead atoms. The molecule has 3 rings (SSSR count). The smallest absolute Gasteiger partial charge is 0.413 e. The number of carbonyl (C=O) groups excluding carboxylic acids is 2. The molecular formula is C18H21N6O3+. The van der Waals surface area contributed by atoms with Gasteiger partial charge in [-0.3, -0.25) is 14.6 Å². The normalized spacial score (nSPS) is 19.5. The van der Waals surface area contributed by atoms with Gasteiger partial charge in [-0.25, -0.2) is 9.37 Å². The molecule has 1 saturated heterocycles. The summed E-state index contributed by atoms with van der Waals surface area (Å²) >= 11 is 0. The summed E-state index contributed by atoms with van der Waals surface area (Å²) in [6, 6.07) is 6.35. The van der Waals surface area contributed by atoms with E-state index < -0.39 is 12.1 Å². The number of carbonyl (C=O) groups is 2. The molecule has 9 heteroatoms. The zero-order valence-electron chi connectivity index (χ0n) is 15.4. The molecule has 1 aromatic carbocycles. The number of aliphatic imine (C=N–C) groups is 1. The second-order valence-corrected chi connectivity index (χ2v) is 6.08. The van der Waals surface area contributed by atoms with Crippen molar-refractivity contribution in [3.8, 4) is 5.75 Å². The summed E-state index contributed by atoms with van der Waals surface area (Å²) in [5, 5.41) is 4.17. The van der Waals surface area contributed by atoms with E-state index in [9.17, 15) is 9.59 Å². The third kappa shape index (κ3) is 3.43. The van der Waals surface area contributed by atoms with Gasteiger partial charge in [0.05, 0.1) is 13.3 Å². The molecule has 1 atom stereocenters. The fourth-order valence-corrected chi connectivity index (χ4v) is 2.75. The fraction of sp³-hybridized carbons (Fsp3) is 0.278. The minimum atomic E-state index is -0.642. The summed E-state index contributed by atoms with van der Waals surface area (Å²) in [6.07, 6.45) is 3.31. The molecule has 0 saturated carbocycles. The molecule has 0 radical (unpaired) electrons. The van der Waals surface area contributed by atoms with Gasteiger partial charge in [-0.15, -0.1) is 5.10 Å². The van der Waals surface area contributed by atoms with E-state index >= 15 is 0 Å². The van der Waals surface area contributed by atoms with Gasteiger partial charge in [0.15, 0.2) is 0 Å². The Balaban J connectivity index is 1.70. The number of nitrogens with one attached hydrogen (secondary N) is 1. The Labute approximate surface area is 156 Å². The van der Waals surface area contributed by atoms with Crippen LogP contribution in [0.1, 0.15) is 5.56 Å². The third-order valence-corrected chi connectivity index (χ3v) is 4.29. The van der Waals surface area contributed by atoms with E-state index in [1.165, 1.54) is 11.9 Å². The maximum absolute atomic E-state index is 12.4. The van der Waals surface area contributed by atoms with E-state index in [1.807, 2.05) is 24.3 Å². The van der Waals surface area contributed by atoms with Crippen LogP contribution in [-0.2, 0) is 4.79 Å². The molecule has 1 aromatic rings. The Morgan fingerprint density at radius 2 is 2.00 bits per heavy atom. The highest BCUT2D eigenvalue weighted by atomic mass is 16.5. The molecule has 2 heterocycles. The molecule has 0 spiro atoms. The van der Waals surface area contributed by atoms with Gasteiger partial charge in [0.2, 0.25) is 11.9 Å². The summed E-state index contributed by atoms with van der Waals surface area (Å²) in [5.74, 6) is 1.19. The number of fused-ring (bicyclic) bond motifs is 1. The summed E-state index contributed by atoms with van der Waals surface area (Å²) < 4.78 is 7.08. The molecule has 1 unspecified atom stereocenters. The standard InChI is InChI=1S/C18H20N6O3/c1-5-10-27-13-8-6-12(7-9-13)11-19-21-17-20-15-14(22(17)2)16(25)24(4)18(26)23(15)3/h5-9,11,14H,1,10H2,2-4H3/p+1/b19-11-. The molecule has 27 heavy (non-hydrogen) atoms. The number of imide groups is 1. The van der Waals surface area contributed by atoms with Crippen molar-refractivity contribution in [3.05, 3.63) is 42.5 Å². The summed E-state index contributed by atoms with van der Waals surface area (Å²) in [4.78, 5) is 31.2. The van der Waals surface area contributed by atoms with Crippen LogP contribution in [0.5, 0.6) is 5.75 Å². The van der Waals surface area contributed by atoms with Crippen LogP contribution < -0.4 is 10.2 Å². The predicted molar refractivity (Wildman–Crippen MR) is 101 cm³/mol. The second kappa shape index (κ2) is 7.40. The second-order valence-electron chi connectivity index (χ2n) is 6.08. The SMILES string of the molecule is C=CCOc1ccc(/C=N\NC2=[N+](C)C3C(=O)N(C)C(=O)N(C)C3=N2)cc1. The van der Waals surface area contributed by atoms with Gasteiger partial charge < -0.3 is 4.74 Å². The highest BCUT2D eigenvalue weighted by molar-refractivity contribution is 6.22. The Kier molecular flexibility index (Phi) is 5.02. The van der Waals surface area contributed by atoms with Crippen molar-refractivity contribution < 1.29 is 18.9 Å². The molecule has 9 nitrogen and oxygen atoms in total. The topological polar surface area (TPSA) is 89.6 Å². The number of urea groups is 1. The highest BCUT2D eigenvalue weighted by Crippen LogP contribution is 2.17. The van der Waals surface area contributed by atoms with Crippen LogP contribution in [-0.4, -0.2) is 78.1 Å². The number of hydrogen-bond acceptors (Lipinski definition) is 6. The van der Waals surface area contributed by atoms with E-state index in [-0.39, 0.29) is 5.91 Å². The monoisotopic (exact) mass is 369 g/mol. The minimum Gasteiger partial charge on any atom is -0.490 e. The van der Waals surface area contributed by atoms with Crippen LogP contribution >= 0.6 is 0 Å². The van der Waals surface area contributed by atoms with Crippen LogP contribution in [0.15, 0.2) is 47.0 Å². The molecule has 2 aliphatic rings. The first-order valence-corrected chi connectivity index (χ1v) is 8.30. The third-order valence-electron chi connectivity index (χ3n) is 4.29. The quantitative estimate of drug-likeness (QED) is 0.354. The number of guanidine groups is 1. The van der Waals surface area contributed by atoms with E-state index in [1.54, 1.807) is 31.0 Å². The molecule has 0 aliphatic carbocycles. The average Bonchev–Trinajstić information content (AvgIpc) is 3.00. The number of hydrogen-bond donors (Lipinski definition) is 1. The Hall–Kier alpha value is -3.49. The van der Waals surface area contributed by atoms with Gasteiger partial charge >= 0.3 is 12.0 Å². The van der Waals surface area contributed by atoms with E-state index in [4.69, 9.17) is 4.74 Å². The van der Waals surface area contributed by atoms with Gasteiger partial charge in [0.1, 0.15) is 12.4 Å². The number of nitrogens with zero attached hydrogens (tertiary/aromatic N) is 5. The Morgan fingerprint density at radius 3 is 2.67 bits per heavy atom. The van der Waals surface area contributed by atoms with Gasteiger partial charge in [-0.2, -0.15) is 5.43 Å². The number of amides is 3. The number of benzene rings is 1. The van der Waals surface area contributed by atoms with Crippen LogP contribution in [0.3, 0.4) is 0 Å². The lowest BCUT2D eigenvalue weighted by Crippen LogP contribution is -2.61. The summed E-state index contributed by atoms with van der Waals surface area (Å²) in [7, 11) is 4.77. The van der Waals surface area contributed by atoms with Crippen molar-refractivity contribution in [3.63, 3.8) is 0 Å². The van der Waals surface area contributed by atoms with Crippen LogP contribution in [0.2, 0.25) is 0 Å². The molecule has 3 amide bonds. The van der Waals surface area contributed by atoms with Gasteiger partial charge in [0.25, 0.3) is 5.91 Å². The molecular weight excluding hydrogens is 348 g/mol.